The van der Waals surface area contributed by atoms with Crippen molar-refractivity contribution in [2.45, 2.75) is 39.3 Å². The van der Waals surface area contributed by atoms with Crippen LogP contribution < -0.4 is 9.47 Å². The molecule has 0 aromatic heterocycles. The molecule has 0 amide bonds. The molecule has 5 nitrogen and oxygen atoms in total. The summed E-state index contributed by atoms with van der Waals surface area (Å²) >= 11 is 0. The first-order chi connectivity index (χ1) is 16.9. The Morgan fingerprint density at radius 3 is 2.40 bits per heavy atom. The number of benzene rings is 3. The number of rotatable bonds is 6. The molecule has 1 unspecified atom stereocenters. The third-order valence-corrected chi connectivity index (χ3v) is 7.21. The highest BCUT2D eigenvalue weighted by Gasteiger charge is 2.30. The molecule has 1 saturated heterocycles. The summed E-state index contributed by atoms with van der Waals surface area (Å²) in [4.78, 5) is 2.50. The fourth-order valence-corrected chi connectivity index (χ4v) is 5.12. The van der Waals surface area contributed by atoms with E-state index < -0.39 is 0 Å². The van der Waals surface area contributed by atoms with Crippen molar-refractivity contribution < 1.29 is 19.7 Å². The number of likely N-dealkylation sites (tertiary alicyclic amines) is 1. The van der Waals surface area contributed by atoms with E-state index >= 15 is 0 Å². The van der Waals surface area contributed by atoms with Crippen LogP contribution in [0.4, 0.5) is 0 Å². The quantitative estimate of drug-likeness (QED) is 0.444. The monoisotopic (exact) mass is 471 g/mol. The molecule has 5 rings (SSSR count). The number of aromatic hydroxyl groups is 2. The highest BCUT2D eigenvalue weighted by molar-refractivity contribution is 5.95. The minimum Gasteiger partial charge on any atom is -0.508 e. The van der Waals surface area contributed by atoms with Gasteiger partial charge in [-0.25, -0.2) is 0 Å². The van der Waals surface area contributed by atoms with Gasteiger partial charge in [0.1, 0.15) is 35.7 Å². The maximum atomic E-state index is 10.0. The summed E-state index contributed by atoms with van der Waals surface area (Å²) in [5.41, 5.74) is 5.05. The Kier molecular flexibility index (Phi) is 6.44. The van der Waals surface area contributed by atoms with Crippen LogP contribution in [0.3, 0.4) is 0 Å². The Balaban J connectivity index is 1.40. The van der Waals surface area contributed by atoms with Crippen molar-refractivity contribution in [3.63, 3.8) is 0 Å². The van der Waals surface area contributed by atoms with Gasteiger partial charge < -0.3 is 19.7 Å². The number of phenols is 2. The van der Waals surface area contributed by atoms with Gasteiger partial charge >= 0.3 is 0 Å². The number of nitrogens with zero attached hydrogens (tertiary/aromatic N) is 1. The zero-order chi connectivity index (χ0) is 24.5. The molecule has 2 N–H and O–H groups in total. The van der Waals surface area contributed by atoms with Gasteiger partial charge in [-0.05, 0) is 85.8 Å². The zero-order valence-electron chi connectivity index (χ0n) is 20.6. The Morgan fingerprint density at radius 1 is 1.00 bits per heavy atom. The first-order valence-corrected chi connectivity index (χ1v) is 12.4. The zero-order valence-corrected chi connectivity index (χ0v) is 20.6. The lowest BCUT2D eigenvalue weighted by atomic mass is 9.86. The Bertz CT molecular complexity index is 1220. The topological polar surface area (TPSA) is 62.2 Å². The minimum absolute atomic E-state index is 0.175. The van der Waals surface area contributed by atoms with Crippen molar-refractivity contribution in [1.29, 1.82) is 0 Å². The van der Waals surface area contributed by atoms with Gasteiger partial charge in [-0.3, -0.25) is 4.90 Å². The Hall–Kier alpha value is -3.44. The average Bonchev–Trinajstić information content (AvgIpc) is 3.30. The molecule has 3 aromatic carbocycles. The molecule has 2 heterocycles. The van der Waals surface area contributed by atoms with Crippen LogP contribution in [0.2, 0.25) is 0 Å². The second-order valence-electron chi connectivity index (χ2n) is 9.88. The van der Waals surface area contributed by atoms with Crippen molar-refractivity contribution >= 4 is 11.1 Å². The van der Waals surface area contributed by atoms with E-state index in [1.54, 1.807) is 24.3 Å². The van der Waals surface area contributed by atoms with Crippen LogP contribution in [-0.4, -0.2) is 40.9 Å². The summed E-state index contributed by atoms with van der Waals surface area (Å²) in [6, 6.07) is 20.9. The van der Waals surface area contributed by atoms with Crippen LogP contribution in [-0.2, 0) is 0 Å². The molecule has 0 saturated carbocycles. The molecule has 3 atom stereocenters. The van der Waals surface area contributed by atoms with E-state index in [0.29, 0.717) is 18.4 Å². The van der Waals surface area contributed by atoms with Crippen LogP contribution in [0.1, 0.15) is 50.0 Å². The van der Waals surface area contributed by atoms with Crippen molar-refractivity contribution in [2.75, 3.05) is 19.7 Å². The van der Waals surface area contributed by atoms with Gasteiger partial charge in [0, 0.05) is 29.8 Å². The summed E-state index contributed by atoms with van der Waals surface area (Å²) in [6.07, 6.45) is 0.908. The van der Waals surface area contributed by atoms with Gasteiger partial charge in [0.2, 0.25) is 0 Å². The van der Waals surface area contributed by atoms with E-state index in [1.807, 2.05) is 42.5 Å². The second kappa shape index (κ2) is 9.67. The normalized spacial score (nSPS) is 20.9. The highest BCUT2D eigenvalue weighted by atomic mass is 16.5. The first-order valence-electron chi connectivity index (χ1n) is 12.4. The molecule has 35 heavy (non-hydrogen) atoms. The lowest BCUT2D eigenvalue weighted by Crippen LogP contribution is -2.35. The van der Waals surface area contributed by atoms with E-state index in [-0.39, 0.29) is 17.6 Å². The van der Waals surface area contributed by atoms with Gasteiger partial charge in [-0.1, -0.05) is 31.2 Å². The van der Waals surface area contributed by atoms with Crippen LogP contribution in [0.15, 0.2) is 66.7 Å². The maximum absolute atomic E-state index is 10.0. The van der Waals surface area contributed by atoms with Crippen LogP contribution in [0.5, 0.6) is 23.0 Å². The van der Waals surface area contributed by atoms with Gasteiger partial charge in [-0.15, -0.1) is 0 Å². The molecule has 0 bridgehead atoms. The standard InChI is InChI=1S/C30H33NO4/c1-19-14-15-31(17-19)20(2)18-34-26-11-6-23(7-12-26)30-29(22-4-8-24(32)9-5-22)21(3)27-13-10-25(33)16-28(27)35-30/h4-13,16,19-20,30,32-33H,14-15,17-18H2,1-3H3/t19-,20-,30?/m1/s1. The first kappa shape index (κ1) is 23.3. The van der Waals surface area contributed by atoms with E-state index in [4.69, 9.17) is 9.47 Å². The Morgan fingerprint density at radius 2 is 1.71 bits per heavy atom. The van der Waals surface area contributed by atoms with Crippen LogP contribution >= 0.6 is 0 Å². The molecule has 2 aliphatic rings. The molecule has 182 valence electrons. The van der Waals surface area contributed by atoms with E-state index in [1.165, 1.54) is 6.42 Å². The van der Waals surface area contributed by atoms with Crippen molar-refractivity contribution in [3.05, 3.63) is 83.4 Å². The minimum atomic E-state index is -0.354. The van der Waals surface area contributed by atoms with Crippen molar-refractivity contribution in [3.8, 4) is 23.0 Å². The smallest absolute Gasteiger partial charge is 0.150 e. The highest BCUT2D eigenvalue weighted by Crippen LogP contribution is 2.47. The fourth-order valence-electron chi connectivity index (χ4n) is 5.12. The van der Waals surface area contributed by atoms with Gasteiger partial charge in [-0.2, -0.15) is 0 Å². The molecule has 0 aliphatic carbocycles. The van der Waals surface area contributed by atoms with E-state index in [0.717, 1.165) is 52.6 Å². The summed E-state index contributed by atoms with van der Waals surface area (Å²) in [5.74, 6) is 2.66. The SMILES string of the molecule is CC1=C(c2ccc(O)cc2)C(c2ccc(OC[C@@H](C)N3CC[C@@H](C)C3)cc2)Oc2cc(O)ccc21. The van der Waals surface area contributed by atoms with Gasteiger partial charge in [0.15, 0.2) is 0 Å². The predicted molar refractivity (Wildman–Crippen MR) is 139 cm³/mol. The third kappa shape index (κ3) is 4.87. The number of phenolic OH excluding ortho intramolecular Hbond substituents is 2. The number of hydrogen-bond acceptors (Lipinski definition) is 5. The summed E-state index contributed by atoms with van der Waals surface area (Å²) in [5, 5.41) is 19.8. The second-order valence-corrected chi connectivity index (χ2v) is 9.88. The number of ether oxygens (including phenoxy) is 2. The molecule has 0 spiro atoms. The molecule has 1 fully saturated rings. The van der Waals surface area contributed by atoms with E-state index in [9.17, 15) is 10.2 Å². The fraction of sp³-hybridized carbons (Fsp3) is 0.333. The van der Waals surface area contributed by atoms with Crippen LogP contribution in [0, 0.1) is 5.92 Å². The molecule has 2 aliphatic heterocycles. The molecule has 5 heteroatoms. The average molecular weight is 472 g/mol. The van der Waals surface area contributed by atoms with E-state index in [2.05, 4.69) is 25.7 Å². The molecule has 0 radical (unpaired) electrons. The molecular formula is C30H33NO4. The summed E-state index contributed by atoms with van der Waals surface area (Å²) in [6.45, 7) is 9.56. The molecule has 3 aromatic rings. The lowest BCUT2D eigenvalue weighted by Gasteiger charge is -2.31. The van der Waals surface area contributed by atoms with Crippen LogP contribution in [0.25, 0.3) is 11.1 Å². The number of hydrogen-bond donors (Lipinski definition) is 2. The number of allylic oxidation sites excluding steroid dienone is 1. The Labute approximate surface area is 207 Å². The maximum Gasteiger partial charge on any atom is 0.150 e. The van der Waals surface area contributed by atoms with Crippen molar-refractivity contribution in [2.24, 2.45) is 5.92 Å². The molecular weight excluding hydrogens is 438 g/mol. The lowest BCUT2D eigenvalue weighted by molar-refractivity contribution is 0.169. The summed E-state index contributed by atoms with van der Waals surface area (Å²) < 4.78 is 12.6. The predicted octanol–water partition coefficient (Wildman–Crippen LogP) is 6.27. The third-order valence-electron chi connectivity index (χ3n) is 7.21. The van der Waals surface area contributed by atoms with Gasteiger partial charge in [0.05, 0.1) is 0 Å². The largest absolute Gasteiger partial charge is 0.508 e. The number of fused-ring (bicyclic) bond motifs is 1. The summed E-state index contributed by atoms with van der Waals surface area (Å²) in [7, 11) is 0. The van der Waals surface area contributed by atoms with Crippen molar-refractivity contribution in [1.82, 2.24) is 4.90 Å². The van der Waals surface area contributed by atoms with Gasteiger partial charge in [0.25, 0.3) is 0 Å².